The van der Waals surface area contributed by atoms with E-state index >= 15 is 0 Å². The first kappa shape index (κ1) is 19.4. The van der Waals surface area contributed by atoms with Crippen LogP contribution in [-0.4, -0.2) is 63.3 Å². The Morgan fingerprint density at radius 2 is 2.07 bits per heavy atom. The molecule has 1 aromatic carbocycles. The molecule has 1 amide bonds. The molecule has 1 aliphatic heterocycles. The van der Waals surface area contributed by atoms with Gasteiger partial charge in [0.05, 0.1) is 11.5 Å². The molecule has 0 radical (unpaired) electrons. The average molecular weight is 392 g/mol. The number of carbonyl (C=O) groups is 2. The number of carboxylic acids is 1. The number of nitrogens with zero attached hydrogens (tertiary/aromatic N) is 4. The van der Waals surface area contributed by atoms with Crippen molar-refractivity contribution in [2.45, 2.75) is 32.4 Å². The van der Waals surface area contributed by atoms with Crippen molar-refractivity contribution < 1.29 is 28.8 Å². The molecule has 2 aromatic rings. The SMILES string of the molecule is CC(C)(C)OC(=O)N1CCN(c2nc3cc([N+](=O)[O-])ccc3o2)[C@@H](C(=O)O)C1. The van der Waals surface area contributed by atoms with E-state index in [0.717, 1.165) is 0 Å². The number of amides is 1. The van der Waals surface area contributed by atoms with Crippen molar-refractivity contribution in [1.29, 1.82) is 0 Å². The molecular weight excluding hydrogens is 372 g/mol. The van der Waals surface area contributed by atoms with Gasteiger partial charge in [-0.15, -0.1) is 0 Å². The third kappa shape index (κ3) is 3.97. The van der Waals surface area contributed by atoms with E-state index in [0.29, 0.717) is 5.58 Å². The zero-order valence-electron chi connectivity index (χ0n) is 15.6. The summed E-state index contributed by atoms with van der Waals surface area (Å²) < 4.78 is 10.9. The highest BCUT2D eigenvalue weighted by atomic mass is 16.6. The minimum absolute atomic E-state index is 0.0340. The first-order valence-corrected chi connectivity index (χ1v) is 8.57. The van der Waals surface area contributed by atoms with Crippen molar-refractivity contribution in [3.63, 3.8) is 0 Å². The minimum atomic E-state index is -1.15. The van der Waals surface area contributed by atoms with Gasteiger partial charge in [-0.05, 0) is 26.8 Å². The Morgan fingerprint density at radius 3 is 2.68 bits per heavy atom. The molecule has 3 rings (SSSR count). The largest absolute Gasteiger partial charge is 0.480 e. The Hall–Kier alpha value is -3.37. The molecule has 1 aromatic heterocycles. The maximum absolute atomic E-state index is 12.3. The van der Waals surface area contributed by atoms with Crippen LogP contribution in [0.2, 0.25) is 0 Å². The molecule has 2 heterocycles. The maximum atomic E-state index is 12.3. The van der Waals surface area contributed by atoms with Crippen LogP contribution in [-0.2, 0) is 9.53 Å². The van der Waals surface area contributed by atoms with E-state index in [9.17, 15) is 24.8 Å². The number of rotatable bonds is 3. The summed E-state index contributed by atoms with van der Waals surface area (Å²) in [7, 11) is 0. The summed E-state index contributed by atoms with van der Waals surface area (Å²) in [5, 5.41) is 20.5. The van der Waals surface area contributed by atoms with E-state index in [4.69, 9.17) is 9.15 Å². The van der Waals surface area contributed by atoms with Crippen LogP contribution in [0.1, 0.15) is 20.8 Å². The lowest BCUT2D eigenvalue weighted by Gasteiger charge is -2.38. The van der Waals surface area contributed by atoms with Crippen LogP contribution in [0, 0.1) is 10.1 Å². The molecule has 1 saturated heterocycles. The second-order valence-corrected chi connectivity index (χ2v) is 7.38. The topological polar surface area (TPSA) is 139 Å². The number of ether oxygens (including phenoxy) is 1. The minimum Gasteiger partial charge on any atom is -0.480 e. The maximum Gasteiger partial charge on any atom is 0.410 e. The first-order chi connectivity index (χ1) is 13.0. The molecule has 0 bridgehead atoms. The smallest absolute Gasteiger partial charge is 0.410 e. The molecule has 1 fully saturated rings. The second kappa shape index (κ2) is 6.98. The summed E-state index contributed by atoms with van der Waals surface area (Å²) in [6.45, 7) is 5.46. The highest BCUT2D eigenvalue weighted by Crippen LogP contribution is 2.28. The number of nitro groups is 1. The number of aromatic nitrogens is 1. The molecule has 1 N–H and O–H groups in total. The second-order valence-electron chi connectivity index (χ2n) is 7.38. The summed E-state index contributed by atoms with van der Waals surface area (Å²) in [4.78, 5) is 41.3. The zero-order chi connectivity index (χ0) is 20.6. The number of fused-ring (bicyclic) bond motifs is 1. The van der Waals surface area contributed by atoms with Gasteiger partial charge in [0.15, 0.2) is 5.58 Å². The molecular formula is C17H20N4O7. The number of carbonyl (C=O) groups excluding carboxylic acids is 1. The zero-order valence-corrected chi connectivity index (χ0v) is 15.6. The Labute approximate surface area is 159 Å². The van der Waals surface area contributed by atoms with Gasteiger partial charge in [0, 0.05) is 25.2 Å². The molecule has 28 heavy (non-hydrogen) atoms. The fraction of sp³-hybridized carbons (Fsp3) is 0.471. The van der Waals surface area contributed by atoms with Gasteiger partial charge in [-0.3, -0.25) is 10.1 Å². The molecule has 1 aliphatic rings. The lowest BCUT2D eigenvalue weighted by molar-refractivity contribution is -0.384. The predicted octanol–water partition coefficient (Wildman–Crippen LogP) is 2.25. The predicted molar refractivity (Wildman–Crippen MR) is 97.2 cm³/mol. The van der Waals surface area contributed by atoms with Crippen molar-refractivity contribution in [3.8, 4) is 0 Å². The number of nitro benzene ring substituents is 1. The summed E-state index contributed by atoms with van der Waals surface area (Å²) in [6.07, 6.45) is -0.591. The molecule has 0 saturated carbocycles. The van der Waals surface area contributed by atoms with Gasteiger partial charge in [0.1, 0.15) is 17.2 Å². The van der Waals surface area contributed by atoms with E-state index in [1.807, 2.05) is 0 Å². The lowest BCUT2D eigenvalue weighted by atomic mass is 10.2. The van der Waals surface area contributed by atoms with Crippen molar-refractivity contribution >= 4 is 34.9 Å². The van der Waals surface area contributed by atoms with E-state index in [2.05, 4.69) is 4.98 Å². The number of anilines is 1. The molecule has 0 unspecified atom stereocenters. The summed E-state index contributed by atoms with van der Waals surface area (Å²) in [5.74, 6) is -1.15. The highest BCUT2D eigenvalue weighted by molar-refractivity contribution is 5.82. The number of hydrogen-bond acceptors (Lipinski definition) is 8. The molecule has 0 spiro atoms. The van der Waals surface area contributed by atoms with Gasteiger partial charge in [-0.2, -0.15) is 4.98 Å². The lowest BCUT2D eigenvalue weighted by Crippen LogP contribution is -2.58. The number of aliphatic carboxylic acids is 1. The molecule has 11 heteroatoms. The highest BCUT2D eigenvalue weighted by Gasteiger charge is 2.38. The molecule has 11 nitrogen and oxygen atoms in total. The summed E-state index contributed by atoms with van der Waals surface area (Å²) in [6, 6.07) is 2.90. The standard InChI is InChI=1S/C17H20N4O7/c1-17(2,3)28-16(24)19-6-7-20(12(9-19)14(22)23)15-18-11-8-10(21(25)26)4-5-13(11)27-15/h4-5,8,12H,6-7,9H2,1-3H3,(H,22,23)/t12-/m1/s1. The van der Waals surface area contributed by atoms with Gasteiger partial charge in [0.2, 0.25) is 0 Å². The van der Waals surface area contributed by atoms with Crippen LogP contribution < -0.4 is 4.90 Å². The quantitative estimate of drug-likeness (QED) is 0.615. The monoisotopic (exact) mass is 392 g/mol. The molecule has 1 atom stereocenters. The van der Waals surface area contributed by atoms with Crippen molar-refractivity contribution in [2.75, 3.05) is 24.5 Å². The van der Waals surface area contributed by atoms with Crippen molar-refractivity contribution in [2.24, 2.45) is 0 Å². The Bertz CT molecular complexity index is 933. The van der Waals surface area contributed by atoms with Gasteiger partial charge in [-0.1, -0.05) is 0 Å². The number of carboxylic acid groups (broad SMARTS) is 1. The van der Waals surface area contributed by atoms with Crippen LogP contribution in [0.15, 0.2) is 22.6 Å². The fourth-order valence-corrected chi connectivity index (χ4v) is 2.86. The van der Waals surface area contributed by atoms with E-state index in [-0.39, 0.29) is 36.9 Å². The van der Waals surface area contributed by atoms with Crippen molar-refractivity contribution in [1.82, 2.24) is 9.88 Å². The summed E-state index contributed by atoms with van der Waals surface area (Å²) in [5.41, 5.74) is -0.277. The van der Waals surface area contributed by atoms with Crippen LogP contribution in [0.4, 0.5) is 16.5 Å². The van der Waals surface area contributed by atoms with E-state index in [1.165, 1.54) is 28.0 Å². The van der Waals surface area contributed by atoms with E-state index in [1.54, 1.807) is 20.8 Å². The number of non-ortho nitro benzene ring substituents is 1. The molecule has 150 valence electrons. The fourth-order valence-electron chi connectivity index (χ4n) is 2.86. The number of benzene rings is 1. The van der Waals surface area contributed by atoms with Crippen molar-refractivity contribution in [3.05, 3.63) is 28.3 Å². The number of piperazine rings is 1. The van der Waals surface area contributed by atoms with Crippen LogP contribution >= 0.6 is 0 Å². The van der Waals surface area contributed by atoms with Gasteiger partial charge >= 0.3 is 12.1 Å². The Morgan fingerprint density at radius 1 is 1.36 bits per heavy atom. The Kier molecular flexibility index (Phi) is 4.84. The summed E-state index contributed by atoms with van der Waals surface area (Å²) >= 11 is 0. The van der Waals surface area contributed by atoms with Crippen LogP contribution in [0.3, 0.4) is 0 Å². The van der Waals surface area contributed by atoms with Gasteiger partial charge in [0.25, 0.3) is 11.7 Å². The van der Waals surface area contributed by atoms with E-state index < -0.39 is 28.6 Å². The van der Waals surface area contributed by atoms with Crippen LogP contribution in [0.25, 0.3) is 11.1 Å². The number of oxazole rings is 1. The van der Waals surface area contributed by atoms with Crippen LogP contribution in [0.5, 0.6) is 0 Å². The van der Waals surface area contributed by atoms with Gasteiger partial charge < -0.3 is 24.1 Å². The Balaban J connectivity index is 1.84. The van der Waals surface area contributed by atoms with Gasteiger partial charge in [-0.25, -0.2) is 9.59 Å². The first-order valence-electron chi connectivity index (χ1n) is 8.57. The third-order valence-electron chi connectivity index (χ3n) is 4.13. The average Bonchev–Trinajstić information content (AvgIpc) is 3.02. The molecule has 0 aliphatic carbocycles. The normalized spacial score (nSPS) is 17.6. The third-order valence-corrected chi connectivity index (χ3v) is 4.13. The number of hydrogen-bond donors (Lipinski definition) is 1.